The van der Waals surface area contributed by atoms with Gasteiger partial charge in [0.05, 0.1) is 6.20 Å². The predicted molar refractivity (Wildman–Crippen MR) is 81.8 cm³/mol. The summed E-state index contributed by atoms with van der Waals surface area (Å²) < 4.78 is 5.94. The molecule has 0 aliphatic heterocycles. The smallest absolute Gasteiger partial charge is 0.249 e. The molecule has 0 atom stereocenters. The largest absolute Gasteiger partial charge is 0.360 e. The van der Waals surface area contributed by atoms with Gasteiger partial charge in [0.25, 0.3) is 0 Å². The van der Waals surface area contributed by atoms with Crippen molar-refractivity contribution in [2.24, 2.45) is 0 Å². The van der Waals surface area contributed by atoms with E-state index in [9.17, 15) is 0 Å². The molecule has 0 saturated heterocycles. The summed E-state index contributed by atoms with van der Waals surface area (Å²) >= 11 is 3.41. The van der Waals surface area contributed by atoms with Crippen molar-refractivity contribution in [2.75, 3.05) is 10.6 Å². The zero-order valence-electron chi connectivity index (χ0n) is 11.0. The van der Waals surface area contributed by atoms with Gasteiger partial charge in [-0.25, -0.2) is 0 Å². The summed E-state index contributed by atoms with van der Waals surface area (Å²) in [6, 6.07) is 9.46. The van der Waals surface area contributed by atoms with Gasteiger partial charge >= 0.3 is 0 Å². The van der Waals surface area contributed by atoms with Crippen LogP contribution in [0.5, 0.6) is 0 Å². The highest BCUT2D eigenvalue weighted by atomic mass is 79.9. The van der Waals surface area contributed by atoms with E-state index in [-0.39, 0.29) is 0 Å². The molecule has 0 unspecified atom stereocenters. The standard InChI is InChI=1S/C13H11BrN6O/c1-8-5-11(20-21-8)17-12-7-15-19-13(18-12)16-10-4-2-3-9(14)6-10/h2-7H,1H3,(H2,16,17,18,19,20). The van der Waals surface area contributed by atoms with Crippen LogP contribution < -0.4 is 10.6 Å². The van der Waals surface area contributed by atoms with E-state index < -0.39 is 0 Å². The Kier molecular flexibility index (Phi) is 3.78. The lowest BCUT2D eigenvalue weighted by Crippen LogP contribution is -2.02. The first-order valence-electron chi connectivity index (χ1n) is 6.12. The van der Waals surface area contributed by atoms with E-state index in [1.807, 2.05) is 31.2 Å². The normalized spacial score (nSPS) is 10.4. The first-order valence-corrected chi connectivity index (χ1v) is 6.91. The summed E-state index contributed by atoms with van der Waals surface area (Å²) in [6.07, 6.45) is 1.51. The number of halogens is 1. The SMILES string of the molecule is Cc1cc(Nc2cnnc(Nc3cccc(Br)c3)n2)no1. The van der Waals surface area contributed by atoms with E-state index >= 15 is 0 Å². The van der Waals surface area contributed by atoms with Crippen molar-refractivity contribution < 1.29 is 4.52 Å². The molecule has 3 rings (SSSR count). The van der Waals surface area contributed by atoms with Crippen molar-refractivity contribution in [3.8, 4) is 0 Å². The highest BCUT2D eigenvalue weighted by Gasteiger charge is 2.05. The van der Waals surface area contributed by atoms with Crippen LogP contribution >= 0.6 is 15.9 Å². The van der Waals surface area contributed by atoms with Gasteiger partial charge in [0.1, 0.15) is 5.76 Å². The molecule has 2 heterocycles. The van der Waals surface area contributed by atoms with Crippen molar-refractivity contribution in [3.63, 3.8) is 0 Å². The molecule has 8 heteroatoms. The molecule has 0 radical (unpaired) electrons. The van der Waals surface area contributed by atoms with Gasteiger partial charge < -0.3 is 15.2 Å². The van der Waals surface area contributed by atoms with Crippen LogP contribution in [0.4, 0.5) is 23.3 Å². The lowest BCUT2D eigenvalue weighted by atomic mass is 10.3. The third-order valence-corrected chi connectivity index (χ3v) is 3.02. The fraction of sp³-hybridized carbons (Fsp3) is 0.0769. The predicted octanol–water partition coefficient (Wildman–Crippen LogP) is 3.42. The van der Waals surface area contributed by atoms with E-state index in [0.717, 1.165) is 10.2 Å². The summed E-state index contributed by atoms with van der Waals surface area (Å²) in [5, 5.41) is 17.7. The van der Waals surface area contributed by atoms with E-state index in [0.29, 0.717) is 23.3 Å². The Balaban J connectivity index is 1.76. The van der Waals surface area contributed by atoms with Crippen molar-refractivity contribution in [1.82, 2.24) is 20.3 Å². The number of hydrogen-bond donors (Lipinski definition) is 2. The number of anilines is 4. The molecule has 0 aliphatic carbocycles. The van der Waals surface area contributed by atoms with Crippen LogP contribution in [-0.4, -0.2) is 20.3 Å². The Morgan fingerprint density at radius 1 is 1.14 bits per heavy atom. The van der Waals surface area contributed by atoms with Gasteiger partial charge in [0.15, 0.2) is 11.6 Å². The number of nitrogens with one attached hydrogen (secondary N) is 2. The zero-order chi connectivity index (χ0) is 14.7. The second-order valence-electron chi connectivity index (χ2n) is 4.25. The molecule has 106 valence electrons. The van der Waals surface area contributed by atoms with E-state index in [1.54, 1.807) is 6.07 Å². The maximum Gasteiger partial charge on any atom is 0.249 e. The average Bonchev–Trinajstić information content (AvgIpc) is 2.84. The second-order valence-corrected chi connectivity index (χ2v) is 5.16. The number of aryl methyl sites for hydroxylation is 1. The molecule has 0 amide bonds. The Bertz CT molecular complexity index is 760. The van der Waals surface area contributed by atoms with E-state index in [1.165, 1.54) is 6.20 Å². The highest BCUT2D eigenvalue weighted by molar-refractivity contribution is 9.10. The van der Waals surface area contributed by atoms with E-state index in [4.69, 9.17) is 4.52 Å². The molecule has 7 nitrogen and oxygen atoms in total. The highest BCUT2D eigenvalue weighted by Crippen LogP contribution is 2.19. The van der Waals surface area contributed by atoms with Gasteiger partial charge in [-0.3, -0.25) is 0 Å². The Morgan fingerprint density at radius 2 is 2.05 bits per heavy atom. The number of benzene rings is 1. The summed E-state index contributed by atoms with van der Waals surface area (Å²) in [4.78, 5) is 4.31. The van der Waals surface area contributed by atoms with Crippen LogP contribution in [0, 0.1) is 6.92 Å². The second kappa shape index (κ2) is 5.88. The van der Waals surface area contributed by atoms with Gasteiger partial charge in [0, 0.05) is 16.2 Å². The maximum absolute atomic E-state index is 4.98. The fourth-order valence-corrected chi connectivity index (χ4v) is 2.07. The molecule has 3 aromatic rings. The van der Waals surface area contributed by atoms with Gasteiger partial charge in [0.2, 0.25) is 5.95 Å². The Morgan fingerprint density at radius 3 is 2.81 bits per heavy atom. The molecule has 0 bridgehead atoms. The minimum Gasteiger partial charge on any atom is -0.360 e. The molecule has 0 spiro atoms. The van der Waals surface area contributed by atoms with Gasteiger partial charge in [-0.1, -0.05) is 27.2 Å². The van der Waals surface area contributed by atoms with Crippen molar-refractivity contribution in [1.29, 1.82) is 0 Å². The number of nitrogens with zero attached hydrogens (tertiary/aromatic N) is 4. The minimum atomic E-state index is 0.387. The molecular formula is C13H11BrN6O. The number of rotatable bonds is 4. The fourth-order valence-electron chi connectivity index (χ4n) is 1.67. The topological polar surface area (TPSA) is 88.8 Å². The number of hydrogen-bond acceptors (Lipinski definition) is 7. The van der Waals surface area contributed by atoms with Gasteiger partial charge in [-0.2, -0.15) is 10.1 Å². The summed E-state index contributed by atoms with van der Waals surface area (Å²) in [7, 11) is 0. The molecule has 1 aromatic carbocycles. The number of aromatic nitrogens is 4. The summed E-state index contributed by atoms with van der Waals surface area (Å²) in [5.41, 5.74) is 0.862. The van der Waals surface area contributed by atoms with Crippen LogP contribution in [0.15, 0.2) is 45.5 Å². The Hall–Kier alpha value is -2.48. The zero-order valence-corrected chi connectivity index (χ0v) is 12.6. The van der Waals surface area contributed by atoms with Crippen LogP contribution in [0.25, 0.3) is 0 Å². The van der Waals surface area contributed by atoms with Gasteiger partial charge in [-0.05, 0) is 25.1 Å². The lowest BCUT2D eigenvalue weighted by Gasteiger charge is -2.06. The van der Waals surface area contributed by atoms with Crippen molar-refractivity contribution >= 4 is 39.2 Å². The maximum atomic E-state index is 4.98. The molecule has 21 heavy (non-hydrogen) atoms. The summed E-state index contributed by atoms with van der Waals surface area (Å²) in [5.74, 6) is 2.20. The van der Waals surface area contributed by atoms with Crippen molar-refractivity contribution in [2.45, 2.75) is 6.92 Å². The molecule has 2 N–H and O–H groups in total. The molecular weight excluding hydrogens is 336 g/mol. The molecule has 0 saturated carbocycles. The summed E-state index contributed by atoms with van der Waals surface area (Å²) in [6.45, 7) is 1.82. The lowest BCUT2D eigenvalue weighted by molar-refractivity contribution is 0.400. The molecule has 0 aliphatic rings. The first kappa shape index (κ1) is 13.5. The van der Waals surface area contributed by atoms with Crippen molar-refractivity contribution in [3.05, 3.63) is 46.8 Å². The van der Waals surface area contributed by atoms with Crippen LogP contribution in [0.3, 0.4) is 0 Å². The Labute approximate surface area is 128 Å². The van der Waals surface area contributed by atoms with E-state index in [2.05, 4.69) is 46.9 Å². The third kappa shape index (κ3) is 3.54. The molecule has 2 aromatic heterocycles. The molecule has 0 fully saturated rings. The van der Waals surface area contributed by atoms with Crippen LogP contribution in [0.1, 0.15) is 5.76 Å². The van der Waals surface area contributed by atoms with Gasteiger partial charge in [-0.15, -0.1) is 5.10 Å². The third-order valence-electron chi connectivity index (χ3n) is 2.52. The minimum absolute atomic E-state index is 0.387. The first-order chi connectivity index (χ1) is 10.2. The van der Waals surface area contributed by atoms with Crippen LogP contribution in [-0.2, 0) is 0 Å². The quantitative estimate of drug-likeness (QED) is 0.747. The average molecular weight is 347 g/mol. The monoisotopic (exact) mass is 346 g/mol. The van der Waals surface area contributed by atoms with Crippen LogP contribution in [0.2, 0.25) is 0 Å².